The van der Waals surface area contributed by atoms with Crippen LogP contribution in [-0.2, 0) is 16.1 Å². The minimum Gasteiger partial charge on any atom is -0.379 e. The molecule has 0 amide bonds. The quantitative estimate of drug-likeness (QED) is 0.893. The van der Waals surface area contributed by atoms with E-state index in [0.717, 1.165) is 50.1 Å². The summed E-state index contributed by atoms with van der Waals surface area (Å²) in [6.45, 7) is 10.9. The number of nitrogens with one attached hydrogen (secondary N) is 1. The third-order valence-corrected chi connectivity index (χ3v) is 5.20. The molecule has 0 bridgehead atoms. The van der Waals surface area contributed by atoms with Crippen molar-refractivity contribution in [2.75, 3.05) is 38.7 Å². The first-order valence-electron chi connectivity index (χ1n) is 8.42. The van der Waals surface area contributed by atoms with Gasteiger partial charge >= 0.3 is 0 Å². The van der Waals surface area contributed by atoms with Crippen molar-refractivity contribution in [3.8, 4) is 0 Å². The van der Waals surface area contributed by atoms with Crippen molar-refractivity contribution in [2.24, 2.45) is 5.41 Å². The van der Waals surface area contributed by atoms with E-state index < -0.39 is 0 Å². The van der Waals surface area contributed by atoms with E-state index in [9.17, 15) is 0 Å². The largest absolute Gasteiger partial charge is 0.379 e. The topological polar surface area (TPSA) is 59.5 Å². The average molecular weight is 320 g/mol. The fraction of sp³-hybridized carbons (Fsp3) is 0.765. The van der Waals surface area contributed by atoms with Crippen molar-refractivity contribution in [3.63, 3.8) is 0 Å². The summed E-state index contributed by atoms with van der Waals surface area (Å²) in [5, 5.41) is 3.61. The zero-order valence-corrected chi connectivity index (χ0v) is 14.6. The van der Waals surface area contributed by atoms with Crippen LogP contribution < -0.4 is 5.32 Å². The van der Waals surface area contributed by atoms with Crippen molar-refractivity contribution in [3.05, 3.63) is 17.6 Å². The van der Waals surface area contributed by atoms with Gasteiger partial charge in [0, 0.05) is 49.5 Å². The SMILES string of the molecule is COCc1nc(C)cc(NC2CC(N3CCOCC3)C2(C)C)n1. The number of hydrogen-bond acceptors (Lipinski definition) is 6. The van der Waals surface area contributed by atoms with E-state index >= 15 is 0 Å². The van der Waals surface area contributed by atoms with Gasteiger partial charge in [0.2, 0.25) is 0 Å². The Bertz CT molecular complexity index is 543. The van der Waals surface area contributed by atoms with E-state index in [0.29, 0.717) is 18.7 Å². The lowest BCUT2D eigenvalue weighted by atomic mass is 9.62. The molecule has 2 heterocycles. The normalized spacial score (nSPS) is 27.5. The second-order valence-electron chi connectivity index (χ2n) is 7.16. The first-order chi connectivity index (χ1) is 11.0. The Hall–Kier alpha value is -1.24. The lowest BCUT2D eigenvalue weighted by Gasteiger charge is -2.57. The molecule has 1 saturated heterocycles. The monoisotopic (exact) mass is 320 g/mol. The van der Waals surface area contributed by atoms with Crippen LogP contribution >= 0.6 is 0 Å². The fourth-order valence-corrected chi connectivity index (χ4v) is 3.73. The molecule has 2 atom stereocenters. The highest BCUT2D eigenvalue weighted by Gasteiger charge is 2.51. The molecule has 0 aromatic carbocycles. The van der Waals surface area contributed by atoms with E-state index in [4.69, 9.17) is 9.47 Å². The zero-order chi connectivity index (χ0) is 16.4. The van der Waals surface area contributed by atoms with E-state index in [1.807, 2.05) is 13.0 Å². The molecule has 23 heavy (non-hydrogen) atoms. The molecule has 0 spiro atoms. The third-order valence-electron chi connectivity index (χ3n) is 5.20. The molecule has 1 saturated carbocycles. The van der Waals surface area contributed by atoms with E-state index in [1.54, 1.807) is 7.11 Å². The van der Waals surface area contributed by atoms with Gasteiger partial charge in [-0.15, -0.1) is 0 Å². The van der Waals surface area contributed by atoms with Gasteiger partial charge in [0.05, 0.1) is 13.2 Å². The lowest BCUT2D eigenvalue weighted by Crippen LogP contribution is -2.65. The molecule has 128 valence electrons. The molecule has 2 aliphatic rings. The summed E-state index contributed by atoms with van der Waals surface area (Å²) in [4.78, 5) is 11.5. The Labute approximate surface area is 138 Å². The predicted molar refractivity (Wildman–Crippen MR) is 89.5 cm³/mol. The summed E-state index contributed by atoms with van der Waals surface area (Å²) in [7, 11) is 1.67. The van der Waals surface area contributed by atoms with E-state index in [2.05, 4.69) is 34.0 Å². The number of hydrogen-bond donors (Lipinski definition) is 1. The van der Waals surface area contributed by atoms with Crippen LogP contribution in [0.2, 0.25) is 0 Å². The number of rotatable bonds is 5. The van der Waals surface area contributed by atoms with Gasteiger partial charge in [0.15, 0.2) is 5.82 Å². The molecular formula is C17H28N4O2. The first-order valence-corrected chi connectivity index (χ1v) is 8.42. The molecule has 1 aliphatic carbocycles. The number of aromatic nitrogens is 2. The molecule has 1 N–H and O–H groups in total. The standard InChI is InChI=1S/C17H28N4O2/c1-12-9-15(20-16(18-12)11-22-4)19-13-10-14(17(13,2)3)21-5-7-23-8-6-21/h9,13-14H,5-8,10-11H2,1-4H3,(H,18,19,20). The summed E-state index contributed by atoms with van der Waals surface area (Å²) in [5.41, 5.74) is 1.19. The number of aryl methyl sites for hydroxylation is 1. The second-order valence-corrected chi connectivity index (χ2v) is 7.16. The molecule has 0 radical (unpaired) electrons. The summed E-state index contributed by atoms with van der Waals surface area (Å²) < 4.78 is 10.6. The number of nitrogens with zero attached hydrogens (tertiary/aromatic N) is 3. The minimum absolute atomic E-state index is 0.220. The van der Waals surface area contributed by atoms with Gasteiger partial charge in [0.1, 0.15) is 12.4 Å². The molecule has 2 fully saturated rings. The Morgan fingerprint density at radius 2 is 2.09 bits per heavy atom. The Morgan fingerprint density at radius 1 is 1.35 bits per heavy atom. The average Bonchev–Trinajstić information content (AvgIpc) is 2.52. The van der Waals surface area contributed by atoms with Crippen LogP contribution in [0.4, 0.5) is 5.82 Å². The smallest absolute Gasteiger partial charge is 0.156 e. The van der Waals surface area contributed by atoms with Gasteiger partial charge in [-0.2, -0.15) is 0 Å². The lowest BCUT2D eigenvalue weighted by molar-refractivity contribution is -0.0636. The van der Waals surface area contributed by atoms with Crippen molar-refractivity contribution in [1.82, 2.24) is 14.9 Å². The maximum Gasteiger partial charge on any atom is 0.156 e. The number of anilines is 1. The van der Waals surface area contributed by atoms with Crippen LogP contribution in [-0.4, -0.2) is 60.4 Å². The van der Waals surface area contributed by atoms with Crippen molar-refractivity contribution in [2.45, 2.75) is 45.9 Å². The highest BCUT2D eigenvalue weighted by molar-refractivity contribution is 5.39. The molecule has 6 heteroatoms. The molecule has 1 aromatic heterocycles. The van der Waals surface area contributed by atoms with Crippen LogP contribution in [0.3, 0.4) is 0 Å². The molecule has 6 nitrogen and oxygen atoms in total. The summed E-state index contributed by atoms with van der Waals surface area (Å²) in [5.74, 6) is 1.64. The number of ether oxygens (including phenoxy) is 2. The van der Waals surface area contributed by atoms with Gasteiger partial charge in [0.25, 0.3) is 0 Å². The van der Waals surface area contributed by atoms with Crippen LogP contribution in [0.1, 0.15) is 31.8 Å². The Balaban J connectivity index is 1.65. The molecule has 1 aliphatic heterocycles. The third kappa shape index (κ3) is 3.49. The van der Waals surface area contributed by atoms with Gasteiger partial charge < -0.3 is 14.8 Å². The van der Waals surface area contributed by atoms with Crippen LogP contribution in [0.5, 0.6) is 0 Å². The highest BCUT2D eigenvalue weighted by atomic mass is 16.5. The Morgan fingerprint density at radius 3 is 2.74 bits per heavy atom. The minimum atomic E-state index is 0.220. The number of morpholine rings is 1. The summed E-state index contributed by atoms with van der Waals surface area (Å²) in [6.07, 6.45) is 1.15. The molecule has 2 unspecified atom stereocenters. The maximum atomic E-state index is 5.47. The van der Waals surface area contributed by atoms with Crippen molar-refractivity contribution in [1.29, 1.82) is 0 Å². The molecule has 1 aromatic rings. The van der Waals surface area contributed by atoms with Crippen molar-refractivity contribution < 1.29 is 9.47 Å². The summed E-state index contributed by atoms with van der Waals surface area (Å²) >= 11 is 0. The van der Waals surface area contributed by atoms with Gasteiger partial charge in [-0.25, -0.2) is 9.97 Å². The van der Waals surface area contributed by atoms with Crippen LogP contribution in [0.15, 0.2) is 6.07 Å². The molecule has 3 rings (SSSR count). The number of methoxy groups -OCH3 is 1. The maximum absolute atomic E-state index is 5.47. The fourth-order valence-electron chi connectivity index (χ4n) is 3.73. The van der Waals surface area contributed by atoms with Crippen LogP contribution in [0.25, 0.3) is 0 Å². The van der Waals surface area contributed by atoms with Crippen molar-refractivity contribution >= 4 is 5.82 Å². The van der Waals surface area contributed by atoms with Gasteiger partial charge in [-0.1, -0.05) is 13.8 Å². The highest BCUT2D eigenvalue weighted by Crippen LogP contribution is 2.45. The van der Waals surface area contributed by atoms with Crippen LogP contribution in [0, 0.1) is 12.3 Å². The Kier molecular flexibility index (Phi) is 4.85. The summed E-state index contributed by atoms with van der Waals surface area (Å²) in [6, 6.07) is 3.06. The first kappa shape index (κ1) is 16.6. The second kappa shape index (κ2) is 6.71. The van der Waals surface area contributed by atoms with Gasteiger partial charge in [-0.3, -0.25) is 4.90 Å². The zero-order valence-electron chi connectivity index (χ0n) is 14.6. The molecular weight excluding hydrogens is 292 g/mol. The van der Waals surface area contributed by atoms with Gasteiger partial charge in [-0.05, 0) is 13.3 Å². The predicted octanol–water partition coefficient (Wildman–Crippen LogP) is 1.84. The van der Waals surface area contributed by atoms with E-state index in [-0.39, 0.29) is 5.41 Å². The van der Waals surface area contributed by atoms with E-state index in [1.165, 1.54) is 0 Å².